The first-order chi connectivity index (χ1) is 9.28. The van der Waals surface area contributed by atoms with E-state index in [9.17, 15) is 19.8 Å². The van der Waals surface area contributed by atoms with Crippen LogP contribution >= 0.6 is 0 Å². The van der Waals surface area contributed by atoms with Crippen LogP contribution in [0.3, 0.4) is 0 Å². The molecule has 0 radical (unpaired) electrons. The predicted molar refractivity (Wildman–Crippen MR) is 69.4 cm³/mol. The Labute approximate surface area is 117 Å². The van der Waals surface area contributed by atoms with Crippen molar-refractivity contribution >= 4 is 17.5 Å². The van der Waals surface area contributed by atoms with Crippen molar-refractivity contribution in [3.8, 4) is 5.75 Å². The van der Waals surface area contributed by atoms with E-state index in [4.69, 9.17) is 4.74 Å². The van der Waals surface area contributed by atoms with Gasteiger partial charge in [0.2, 0.25) is 0 Å². The van der Waals surface area contributed by atoms with Crippen LogP contribution < -0.4 is 14.9 Å². The standard InChI is InChI=1S/C15H18O5/c1-15(2,14(18)19)12(8-9-13(16)17)10-4-6-11(20-3)7-5-10/h4-8H,9H2,1-3H3,(H,16,17)(H,18,19)/p-2. The van der Waals surface area contributed by atoms with E-state index < -0.39 is 17.4 Å². The van der Waals surface area contributed by atoms with E-state index >= 15 is 0 Å². The highest BCUT2D eigenvalue weighted by atomic mass is 16.5. The molecule has 0 unspecified atom stereocenters. The van der Waals surface area contributed by atoms with Gasteiger partial charge in [-0.2, -0.15) is 0 Å². The molecule has 0 fully saturated rings. The topological polar surface area (TPSA) is 89.5 Å². The Morgan fingerprint density at radius 2 is 1.75 bits per heavy atom. The molecule has 0 aliphatic carbocycles. The normalized spacial score (nSPS) is 12.1. The number of ether oxygens (including phenoxy) is 1. The summed E-state index contributed by atoms with van der Waals surface area (Å²) in [7, 11) is 1.52. The fourth-order valence-corrected chi connectivity index (χ4v) is 1.80. The number of benzene rings is 1. The second-order valence-electron chi connectivity index (χ2n) is 4.83. The fraction of sp³-hybridized carbons (Fsp3) is 0.333. The van der Waals surface area contributed by atoms with Gasteiger partial charge in [-0.3, -0.25) is 0 Å². The monoisotopic (exact) mass is 276 g/mol. The number of carboxylic acids is 2. The van der Waals surface area contributed by atoms with Crippen LogP contribution in [-0.4, -0.2) is 19.0 Å². The Morgan fingerprint density at radius 1 is 1.20 bits per heavy atom. The maximum atomic E-state index is 11.3. The first-order valence-electron chi connectivity index (χ1n) is 6.05. The zero-order valence-corrected chi connectivity index (χ0v) is 11.6. The molecule has 1 rings (SSSR count). The number of carboxylic acid groups (broad SMARTS) is 2. The van der Waals surface area contributed by atoms with Crippen LogP contribution in [-0.2, 0) is 9.59 Å². The average molecular weight is 276 g/mol. The molecule has 0 aliphatic rings. The summed E-state index contributed by atoms with van der Waals surface area (Å²) < 4.78 is 5.03. The summed E-state index contributed by atoms with van der Waals surface area (Å²) in [5.41, 5.74) is -0.352. The van der Waals surface area contributed by atoms with Gasteiger partial charge in [0.15, 0.2) is 0 Å². The van der Waals surface area contributed by atoms with Gasteiger partial charge >= 0.3 is 0 Å². The van der Waals surface area contributed by atoms with Gasteiger partial charge in [-0.25, -0.2) is 0 Å². The highest BCUT2D eigenvalue weighted by Crippen LogP contribution is 2.35. The molecule has 0 saturated carbocycles. The number of methoxy groups -OCH3 is 1. The summed E-state index contributed by atoms with van der Waals surface area (Å²) in [5.74, 6) is -1.93. The minimum absolute atomic E-state index is 0.363. The average Bonchev–Trinajstić information content (AvgIpc) is 2.38. The molecule has 0 heterocycles. The first-order valence-corrected chi connectivity index (χ1v) is 6.05. The minimum atomic E-state index is -1.32. The molecule has 0 atom stereocenters. The van der Waals surface area contributed by atoms with Crippen molar-refractivity contribution in [3.05, 3.63) is 35.9 Å². The Morgan fingerprint density at radius 3 is 2.15 bits per heavy atom. The summed E-state index contributed by atoms with van der Waals surface area (Å²) >= 11 is 0. The Bertz CT molecular complexity index is 526. The van der Waals surface area contributed by atoms with Gasteiger partial charge in [-0.1, -0.05) is 32.1 Å². The van der Waals surface area contributed by atoms with Crippen molar-refractivity contribution < 1.29 is 24.5 Å². The van der Waals surface area contributed by atoms with Gasteiger partial charge in [0.05, 0.1) is 13.1 Å². The number of hydrogen-bond acceptors (Lipinski definition) is 5. The number of carbonyl (C=O) groups excluding carboxylic acids is 2. The lowest BCUT2D eigenvalue weighted by Crippen LogP contribution is -2.39. The van der Waals surface area contributed by atoms with Crippen molar-refractivity contribution in [1.29, 1.82) is 0 Å². The van der Waals surface area contributed by atoms with Gasteiger partial charge in [-0.05, 0) is 23.3 Å². The number of carbonyl (C=O) groups is 2. The lowest BCUT2D eigenvalue weighted by atomic mass is 9.79. The van der Waals surface area contributed by atoms with Crippen molar-refractivity contribution in [2.24, 2.45) is 5.41 Å². The smallest absolute Gasteiger partial charge is 0.118 e. The maximum Gasteiger partial charge on any atom is 0.118 e. The summed E-state index contributed by atoms with van der Waals surface area (Å²) in [6, 6.07) is 6.69. The van der Waals surface area contributed by atoms with Crippen molar-refractivity contribution in [2.75, 3.05) is 7.11 Å². The van der Waals surface area contributed by atoms with Crippen LogP contribution in [0.4, 0.5) is 0 Å². The van der Waals surface area contributed by atoms with Gasteiger partial charge < -0.3 is 24.5 Å². The molecule has 20 heavy (non-hydrogen) atoms. The number of rotatable bonds is 6. The quantitative estimate of drug-likeness (QED) is 0.729. The zero-order valence-electron chi connectivity index (χ0n) is 11.6. The number of hydrogen-bond donors (Lipinski definition) is 0. The first kappa shape index (κ1) is 15.8. The Hall–Kier alpha value is -2.30. The molecule has 0 amide bonds. The molecule has 0 aromatic heterocycles. The van der Waals surface area contributed by atoms with Gasteiger partial charge in [0, 0.05) is 17.8 Å². The van der Waals surface area contributed by atoms with Gasteiger partial charge in [0.25, 0.3) is 0 Å². The largest absolute Gasteiger partial charge is 0.550 e. The summed E-state index contributed by atoms with van der Waals surface area (Å²) in [4.78, 5) is 21.9. The highest BCUT2D eigenvalue weighted by molar-refractivity contribution is 5.91. The molecule has 0 aliphatic heterocycles. The van der Waals surface area contributed by atoms with Crippen LogP contribution in [0.15, 0.2) is 30.3 Å². The van der Waals surface area contributed by atoms with E-state index in [2.05, 4.69) is 0 Å². The molecule has 1 aromatic rings. The van der Waals surface area contributed by atoms with Crippen LogP contribution in [0, 0.1) is 5.41 Å². The van der Waals surface area contributed by atoms with E-state index in [1.54, 1.807) is 24.3 Å². The fourth-order valence-electron chi connectivity index (χ4n) is 1.80. The van der Waals surface area contributed by atoms with Crippen LogP contribution in [0.2, 0.25) is 0 Å². The molecule has 0 N–H and O–H groups in total. The van der Waals surface area contributed by atoms with Crippen LogP contribution in [0.5, 0.6) is 5.75 Å². The predicted octanol–water partition coefficient (Wildman–Crippen LogP) is -0.00530. The van der Waals surface area contributed by atoms with E-state index in [1.807, 2.05) is 0 Å². The van der Waals surface area contributed by atoms with E-state index in [0.717, 1.165) is 0 Å². The van der Waals surface area contributed by atoms with Gasteiger partial charge in [0.1, 0.15) is 5.75 Å². The minimum Gasteiger partial charge on any atom is -0.550 e. The molecule has 1 aromatic carbocycles. The van der Waals surface area contributed by atoms with Crippen LogP contribution in [0.25, 0.3) is 5.57 Å². The highest BCUT2D eigenvalue weighted by Gasteiger charge is 2.26. The molecule has 5 heteroatoms. The van der Waals surface area contributed by atoms with E-state index in [1.165, 1.54) is 27.0 Å². The lowest BCUT2D eigenvalue weighted by molar-refractivity contribution is -0.314. The third-order valence-electron chi connectivity index (χ3n) is 3.06. The third kappa shape index (κ3) is 3.60. The second-order valence-corrected chi connectivity index (χ2v) is 4.83. The molecule has 0 spiro atoms. The molecule has 0 bridgehead atoms. The zero-order chi connectivity index (χ0) is 15.3. The molecule has 108 valence electrons. The van der Waals surface area contributed by atoms with Crippen molar-refractivity contribution in [2.45, 2.75) is 20.3 Å². The van der Waals surface area contributed by atoms with Crippen molar-refractivity contribution in [3.63, 3.8) is 0 Å². The van der Waals surface area contributed by atoms with Crippen molar-refractivity contribution in [1.82, 2.24) is 0 Å². The molecular weight excluding hydrogens is 260 g/mol. The van der Waals surface area contributed by atoms with Gasteiger partial charge in [-0.15, -0.1) is 0 Å². The SMILES string of the molecule is COc1ccc(C(=CCC(=O)[O-])C(C)(C)C(=O)[O-])cc1. The molecule has 0 saturated heterocycles. The maximum absolute atomic E-state index is 11.3. The molecule has 5 nitrogen and oxygen atoms in total. The summed E-state index contributed by atoms with van der Waals surface area (Å²) in [5, 5.41) is 21.9. The second kappa shape index (κ2) is 6.23. The summed E-state index contributed by atoms with van der Waals surface area (Å²) in [6.45, 7) is 2.93. The van der Waals surface area contributed by atoms with E-state index in [-0.39, 0.29) is 6.42 Å². The number of aliphatic carboxylic acids is 2. The Balaban J connectivity index is 3.26. The summed E-state index contributed by atoms with van der Waals surface area (Å²) in [6.07, 6.45) is 0.977. The van der Waals surface area contributed by atoms with Crippen LogP contribution in [0.1, 0.15) is 25.8 Å². The Kier molecular flexibility index (Phi) is 4.91. The van der Waals surface area contributed by atoms with E-state index in [0.29, 0.717) is 16.9 Å². The third-order valence-corrected chi connectivity index (χ3v) is 3.06. The molecular formula is C15H16O5-2. The lowest BCUT2D eigenvalue weighted by Gasteiger charge is -2.30.